The Hall–Kier alpha value is -3.86. The minimum absolute atomic E-state index is 0.121. The number of carbonyl (C=O) groups is 2. The summed E-state index contributed by atoms with van der Waals surface area (Å²) in [5.74, 6) is 0.121. The number of aldehydes is 1. The molecule has 0 radical (unpaired) electrons. The molecule has 0 fully saturated rings. The van der Waals surface area contributed by atoms with Crippen molar-refractivity contribution in [2.45, 2.75) is 32.8 Å². The summed E-state index contributed by atoms with van der Waals surface area (Å²) < 4.78 is 0. The van der Waals surface area contributed by atoms with Crippen LogP contribution in [0.15, 0.2) is 121 Å². The number of ketones is 1. The zero-order chi connectivity index (χ0) is 26.4. The molecule has 0 aromatic heterocycles. The molecule has 0 saturated carbocycles. The Morgan fingerprint density at radius 1 is 0.722 bits per heavy atom. The Morgan fingerprint density at radius 2 is 1.14 bits per heavy atom. The summed E-state index contributed by atoms with van der Waals surface area (Å²) in [4.78, 5) is 20.6. The van der Waals surface area contributed by atoms with Crippen LogP contribution in [-0.4, -0.2) is 28.9 Å². The fraction of sp³-hybridized carbons (Fsp3) is 0.188. The van der Waals surface area contributed by atoms with E-state index in [2.05, 4.69) is 0 Å². The quantitative estimate of drug-likeness (QED) is 0.250. The number of hydrogen-bond acceptors (Lipinski definition) is 4. The van der Waals surface area contributed by atoms with Gasteiger partial charge in [-0.1, -0.05) is 121 Å². The monoisotopic (exact) mass is 484 g/mol. The molecule has 0 bridgehead atoms. The first-order valence-electron chi connectivity index (χ1n) is 11.9. The lowest BCUT2D eigenvalue weighted by Crippen LogP contribution is -1.88. The number of aliphatic hydroxyl groups excluding tert-OH is 2. The van der Waals surface area contributed by atoms with E-state index < -0.39 is 0 Å². The van der Waals surface area contributed by atoms with E-state index in [1.54, 1.807) is 13.8 Å². The maximum Gasteiger partial charge on any atom is 0.159 e. The smallest absolute Gasteiger partial charge is 0.159 e. The Kier molecular flexibility index (Phi) is 16.3. The van der Waals surface area contributed by atoms with Crippen molar-refractivity contribution in [1.82, 2.24) is 0 Å². The van der Waals surface area contributed by atoms with Gasteiger partial charge in [0.15, 0.2) is 5.78 Å². The van der Waals surface area contributed by atoms with E-state index in [4.69, 9.17) is 10.2 Å². The van der Waals surface area contributed by atoms with Crippen molar-refractivity contribution in [2.75, 3.05) is 6.61 Å². The molecular formula is C32H36O4. The van der Waals surface area contributed by atoms with Crippen LogP contribution >= 0.6 is 0 Å². The first kappa shape index (κ1) is 30.2. The molecule has 4 nitrogen and oxygen atoms in total. The van der Waals surface area contributed by atoms with Crippen LogP contribution in [0, 0.1) is 0 Å². The lowest BCUT2D eigenvalue weighted by Gasteiger charge is -2.00. The van der Waals surface area contributed by atoms with Crippen LogP contribution in [0.3, 0.4) is 0 Å². The molecule has 36 heavy (non-hydrogen) atoms. The molecule has 4 rings (SSSR count). The summed E-state index contributed by atoms with van der Waals surface area (Å²) in [7, 11) is 0. The van der Waals surface area contributed by atoms with Crippen molar-refractivity contribution in [3.8, 4) is 0 Å². The van der Waals surface area contributed by atoms with E-state index in [1.807, 2.05) is 121 Å². The minimum atomic E-state index is -0.341. The molecule has 0 aliphatic heterocycles. The first-order valence-corrected chi connectivity index (χ1v) is 11.9. The molecule has 0 aliphatic rings. The van der Waals surface area contributed by atoms with Gasteiger partial charge in [-0.2, -0.15) is 0 Å². The van der Waals surface area contributed by atoms with Crippen LogP contribution in [0.1, 0.15) is 47.0 Å². The second kappa shape index (κ2) is 19.4. The van der Waals surface area contributed by atoms with Gasteiger partial charge in [0.1, 0.15) is 6.29 Å². The van der Waals surface area contributed by atoms with Crippen molar-refractivity contribution in [1.29, 1.82) is 0 Å². The van der Waals surface area contributed by atoms with Crippen molar-refractivity contribution >= 4 is 12.1 Å². The van der Waals surface area contributed by atoms with Gasteiger partial charge in [-0.3, -0.25) is 4.79 Å². The van der Waals surface area contributed by atoms with Crippen LogP contribution in [0.25, 0.3) is 0 Å². The molecule has 1 atom stereocenters. The van der Waals surface area contributed by atoms with Crippen molar-refractivity contribution in [3.63, 3.8) is 0 Å². The van der Waals surface area contributed by atoms with Gasteiger partial charge < -0.3 is 15.0 Å². The number of carbonyl (C=O) groups excluding carboxylic acids is 2. The summed E-state index contributed by atoms with van der Waals surface area (Å²) >= 11 is 0. The van der Waals surface area contributed by atoms with Crippen LogP contribution in [0.5, 0.6) is 0 Å². The summed E-state index contributed by atoms with van der Waals surface area (Å²) in [6, 6.07) is 38.4. The van der Waals surface area contributed by atoms with Crippen molar-refractivity contribution < 1.29 is 19.8 Å². The van der Waals surface area contributed by atoms with Crippen LogP contribution < -0.4 is 0 Å². The Bertz CT molecular complexity index is 1060. The standard InChI is InChI=1S/C8H10O.C8H8O.C8H10O.C8H8O/c2*1-7(9)8-5-3-2-4-6-8;2*9-7-6-8-4-2-1-3-5-8/h2-7,9H,1H3;2-6H,1H3;1-5,9H,6-7H2;1-5,7H,6H2. The van der Waals surface area contributed by atoms with Gasteiger partial charge in [-0.25, -0.2) is 0 Å². The van der Waals surface area contributed by atoms with E-state index in [-0.39, 0.29) is 18.5 Å². The lowest BCUT2D eigenvalue weighted by atomic mass is 10.1. The van der Waals surface area contributed by atoms with Crippen LogP contribution in [0.2, 0.25) is 0 Å². The molecule has 0 amide bonds. The fourth-order valence-electron chi connectivity index (χ4n) is 2.89. The topological polar surface area (TPSA) is 74.6 Å². The first-order chi connectivity index (χ1) is 17.5. The van der Waals surface area contributed by atoms with E-state index >= 15 is 0 Å². The molecule has 188 valence electrons. The van der Waals surface area contributed by atoms with Crippen LogP contribution in [0.4, 0.5) is 0 Å². The van der Waals surface area contributed by atoms with E-state index in [0.717, 1.165) is 29.4 Å². The predicted molar refractivity (Wildman–Crippen MR) is 147 cm³/mol. The van der Waals surface area contributed by atoms with Gasteiger partial charge in [0, 0.05) is 18.6 Å². The molecule has 1 unspecified atom stereocenters. The second-order valence-corrected chi connectivity index (χ2v) is 7.82. The molecule has 4 heteroatoms. The van der Waals surface area contributed by atoms with Gasteiger partial charge in [0.05, 0.1) is 6.10 Å². The zero-order valence-electron chi connectivity index (χ0n) is 21.0. The molecule has 0 spiro atoms. The second-order valence-electron chi connectivity index (χ2n) is 7.82. The van der Waals surface area contributed by atoms with E-state index in [0.29, 0.717) is 6.42 Å². The maximum absolute atomic E-state index is 10.6. The number of aliphatic hydroxyl groups is 2. The number of rotatable bonds is 6. The minimum Gasteiger partial charge on any atom is -0.396 e. The third-order valence-corrected chi connectivity index (χ3v) is 4.87. The third-order valence-electron chi connectivity index (χ3n) is 4.87. The van der Waals surface area contributed by atoms with Crippen molar-refractivity contribution in [3.05, 3.63) is 144 Å². The normalized spacial score (nSPS) is 10.1. The molecule has 4 aromatic rings. The SMILES string of the molecule is CC(=O)c1ccccc1.CC(O)c1ccccc1.O=CCc1ccccc1.OCCc1ccccc1. The van der Waals surface area contributed by atoms with Crippen LogP contribution in [-0.2, 0) is 17.6 Å². The van der Waals surface area contributed by atoms with Gasteiger partial charge in [0.25, 0.3) is 0 Å². The number of Topliss-reactive ketones (excluding diaryl/α,β-unsaturated/α-hetero) is 1. The fourth-order valence-corrected chi connectivity index (χ4v) is 2.89. The Balaban J connectivity index is 0.000000240. The summed E-state index contributed by atoms with van der Waals surface area (Å²) in [5.41, 5.74) is 4.02. The van der Waals surface area contributed by atoms with Crippen molar-refractivity contribution in [2.24, 2.45) is 0 Å². The highest BCUT2D eigenvalue weighted by Crippen LogP contribution is 2.09. The Labute approximate surface area is 214 Å². The largest absolute Gasteiger partial charge is 0.396 e. The molecule has 0 heterocycles. The van der Waals surface area contributed by atoms with Gasteiger partial charge in [0.2, 0.25) is 0 Å². The highest BCUT2D eigenvalue weighted by Gasteiger charge is 1.95. The summed E-state index contributed by atoms with van der Waals surface area (Å²) in [6.07, 6.45) is 1.86. The third kappa shape index (κ3) is 14.4. The highest BCUT2D eigenvalue weighted by molar-refractivity contribution is 5.93. The van der Waals surface area contributed by atoms with Gasteiger partial charge in [-0.05, 0) is 37.0 Å². The maximum atomic E-state index is 10.6. The molecule has 2 N–H and O–H groups in total. The van der Waals surface area contributed by atoms with Gasteiger partial charge >= 0.3 is 0 Å². The number of benzene rings is 4. The lowest BCUT2D eigenvalue weighted by molar-refractivity contribution is -0.107. The molecule has 0 saturated heterocycles. The van der Waals surface area contributed by atoms with Gasteiger partial charge in [-0.15, -0.1) is 0 Å². The number of hydrogen-bond donors (Lipinski definition) is 2. The Morgan fingerprint density at radius 3 is 1.47 bits per heavy atom. The summed E-state index contributed by atoms with van der Waals surface area (Å²) in [5, 5.41) is 17.5. The van der Waals surface area contributed by atoms with E-state index in [9.17, 15) is 9.59 Å². The molecule has 4 aromatic carbocycles. The average molecular weight is 485 g/mol. The average Bonchev–Trinajstić information content (AvgIpc) is 2.92. The summed E-state index contributed by atoms with van der Waals surface area (Å²) in [6.45, 7) is 3.56. The predicted octanol–water partition coefficient (Wildman–Crippen LogP) is 6.28. The molecular weight excluding hydrogens is 448 g/mol. The van der Waals surface area contributed by atoms with E-state index in [1.165, 1.54) is 5.56 Å². The zero-order valence-corrected chi connectivity index (χ0v) is 21.0. The molecule has 0 aliphatic carbocycles. The highest BCUT2D eigenvalue weighted by atomic mass is 16.3.